The number of aliphatic hydroxyl groups excluding tert-OH is 1. The summed E-state index contributed by atoms with van der Waals surface area (Å²) in [6.07, 6.45) is 46.6. The maximum absolute atomic E-state index is 9.50. The van der Waals surface area contributed by atoms with Crippen LogP contribution in [-0.4, -0.2) is 41.0 Å². The molecule has 0 aliphatic heterocycles. The molecule has 2 aromatic rings. The van der Waals surface area contributed by atoms with Crippen LogP contribution in [0.5, 0.6) is 0 Å². The zero-order valence-corrected chi connectivity index (χ0v) is 45.1. The Hall–Kier alpha value is -2.54. The van der Waals surface area contributed by atoms with Crippen molar-refractivity contribution in [3.63, 3.8) is 0 Å². The summed E-state index contributed by atoms with van der Waals surface area (Å²) in [6, 6.07) is 15.0. The largest absolute Gasteiger partial charge is 0.394 e. The summed E-state index contributed by atoms with van der Waals surface area (Å²) in [7, 11) is 0. The van der Waals surface area contributed by atoms with Gasteiger partial charge >= 0.3 is 0 Å². The van der Waals surface area contributed by atoms with Crippen LogP contribution in [0.15, 0.2) is 71.8 Å². The molecule has 0 spiro atoms. The second-order valence-corrected chi connectivity index (χ2v) is 25.3. The van der Waals surface area contributed by atoms with E-state index in [1.807, 2.05) is 0 Å². The van der Waals surface area contributed by atoms with E-state index >= 15 is 0 Å². The van der Waals surface area contributed by atoms with E-state index in [4.69, 9.17) is 21.9 Å². The lowest BCUT2D eigenvalue weighted by molar-refractivity contribution is 0.0413. The Labute approximate surface area is 428 Å². The molecule has 0 bridgehead atoms. The minimum Gasteiger partial charge on any atom is -0.394 e. The predicted molar refractivity (Wildman–Crippen MR) is 296 cm³/mol. The molecule has 11 atom stereocenters. The minimum absolute atomic E-state index is 0.0390. The molecule has 0 amide bonds. The van der Waals surface area contributed by atoms with Crippen molar-refractivity contribution in [1.29, 1.82) is 0 Å². The highest BCUT2D eigenvalue weighted by Crippen LogP contribution is 2.48. The van der Waals surface area contributed by atoms with E-state index < -0.39 is 0 Å². The Kier molecular flexibility index (Phi) is 19.3. The molecule has 0 radical (unpaired) electrons. The lowest BCUT2D eigenvalue weighted by Gasteiger charge is -2.33. The molecule has 70 heavy (non-hydrogen) atoms. The Morgan fingerprint density at radius 2 is 1.29 bits per heavy atom. The third-order valence-electron chi connectivity index (χ3n) is 19.4. The second kappa shape index (κ2) is 25.1. The molecule has 0 aromatic heterocycles. The van der Waals surface area contributed by atoms with Gasteiger partial charge in [0, 0.05) is 23.2 Å². The van der Waals surface area contributed by atoms with Gasteiger partial charge in [0.25, 0.3) is 0 Å². The van der Waals surface area contributed by atoms with E-state index in [1.165, 1.54) is 128 Å². The maximum Gasteiger partial charge on any atom is 0.0618 e. The van der Waals surface area contributed by atoms with Gasteiger partial charge in [-0.3, -0.25) is 0 Å². The fourth-order valence-electron chi connectivity index (χ4n) is 15.3. The van der Waals surface area contributed by atoms with Crippen LogP contribution in [0.1, 0.15) is 240 Å². The highest BCUT2D eigenvalue weighted by atomic mass is 16.5. The number of aliphatic hydroxyl groups is 1. The molecule has 7 N–H and O–H groups in total. The molecule has 5 heteroatoms. The third kappa shape index (κ3) is 14.4. The van der Waals surface area contributed by atoms with Gasteiger partial charge in [0.2, 0.25) is 0 Å². The van der Waals surface area contributed by atoms with Crippen molar-refractivity contribution in [2.45, 2.75) is 255 Å². The lowest BCUT2D eigenvalue weighted by atomic mass is 9.76. The molecule has 5 nitrogen and oxygen atoms in total. The van der Waals surface area contributed by atoms with Crippen molar-refractivity contribution in [3.8, 4) is 0 Å². The molecule has 7 aliphatic carbocycles. The molecule has 7 aliphatic rings. The number of fused-ring (bicyclic) bond motifs is 3. The van der Waals surface area contributed by atoms with Crippen LogP contribution in [-0.2, 0) is 30.4 Å². The first-order chi connectivity index (χ1) is 33.9. The fraction of sp³-hybridized carbons (Fsp3) is 0.723. The Morgan fingerprint density at radius 1 is 0.671 bits per heavy atom. The third-order valence-corrected chi connectivity index (χ3v) is 19.4. The van der Waals surface area contributed by atoms with Crippen molar-refractivity contribution in [3.05, 3.63) is 105 Å². The van der Waals surface area contributed by atoms with Crippen molar-refractivity contribution in [2.24, 2.45) is 46.8 Å². The molecular weight excluding hydrogens is 855 g/mol. The van der Waals surface area contributed by atoms with Crippen molar-refractivity contribution < 1.29 is 9.84 Å². The number of allylic oxidation sites excluding steroid dienone is 5. The normalized spacial score (nSPS) is 33.2. The van der Waals surface area contributed by atoms with E-state index in [1.54, 1.807) is 39.0 Å². The number of benzene rings is 2. The van der Waals surface area contributed by atoms with Crippen LogP contribution in [0.2, 0.25) is 0 Å². The lowest BCUT2D eigenvalue weighted by Crippen LogP contribution is -2.43. The van der Waals surface area contributed by atoms with Gasteiger partial charge in [-0.2, -0.15) is 0 Å². The quantitative estimate of drug-likeness (QED) is 0.0781. The van der Waals surface area contributed by atoms with Crippen LogP contribution >= 0.6 is 0 Å². The van der Waals surface area contributed by atoms with Gasteiger partial charge in [-0.25, -0.2) is 0 Å². The van der Waals surface area contributed by atoms with Gasteiger partial charge in [-0.15, -0.1) is 0 Å². The zero-order chi connectivity index (χ0) is 49.1. The Balaban J connectivity index is 0.000000230. The minimum atomic E-state index is -0.322. The van der Waals surface area contributed by atoms with Crippen molar-refractivity contribution >= 4 is 0 Å². The van der Waals surface area contributed by atoms with Gasteiger partial charge in [0.05, 0.1) is 12.7 Å². The van der Waals surface area contributed by atoms with Gasteiger partial charge in [-0.1, -0.05) is 114 Å². The van der Waals surface area contributed by atoms with E-state index in [0.717, 1.165) is 89.1 Å². The highest BCUT2D eigenvalue weighted by molar-refractivity contribution is 5.39. The molecule has 388 valence electrons. The van der Waals surface area contributed by atoms with E-state index in [2.05, 4.69) is 88.4 Å². The molecule has 0 heterocycles. The number of hydrogen-bond acceptors (Lipinski definition) is 5. The summed E-state index contributed by atoms with van der Waals surface area (Å²) in [5, 5.41) is 9.50. The first-order valence-corrected chi connectivity index (χ1v) is 29.7. The SMILES string of the molecule is C/C=C\CCC[C@@H]1CCc2cc([C@H]3CC[C@](N)(CC(C)C[C@@]4(N)CC[C@H](c5ccc6c(c5)CC[C@@H](CCCC)C6)C4)C3)ccc2C1.CCCCCOC1CCC2=CC([C@H]3CC[C@](N)(CO)C3)CC=C2C1. The topological polar surface area (TPSA) is 108 Å². The molecular formula is C65H101N3O2. The van der Waals surface area contributed by atoms with E-state index in [-0.39, 0.29) is 23.2 Å². The summed E-state index contributed by atoms with van der Waals surface area (Å²) in [5.41, 5.74) is 33.0. The highest BCUT2D eigenvalue weighted by Gasteiger charge is 2.42. The molecule has 4 saturated carbocycles. The smallest absolute Gasteiger partial charge is 0.0618 e. The van der Waals surface area contributed by atoms with Crippen molar-refractivity contribution in [2.75, 3.05) is 13.2 Å². The molecule has 9 rings (SSSR count). The number of rotatable bonds is 20. The van der Waals surface area contributed by atoms with Crippen LogP contribution in [0.25, 0.3) is 0 Å². The summed E-state index contributed by atoms with van der Waals surface area (Å²) in [5.74, 6) is 4.87. The first kappa shape index (κ1) is 53.7. The molecule has 0 saturated heterocycles. The van der Waals surface area contributed by atoms with Gasteiger partial charge < -0.3 is 27.0 Å². The second-order valence-electron chi connectivity index (χ2n) is 25.3. The van der Waals surface area contributed by atoms with E-state index in [0.29, 0.717) is 35.7 Å². The number of unbranched alkanes of at least 4 members (excludes halogenated alkanes) is 4. The van der Waals surface area contributed by atoms with Crippen LogP contribution in [0, 0.1) is 29.6 Å². The van der Waals surface area contributed by atoms with Crippen LogP contribution in [0.3, 0.4) is 0 Å². The van der Waals surface area contributed by atoms with Crippen LogP contribution in [0.4, 0.5) is 0 Å². The number of hydrogen-bond donors (Lipinski definition) is 4. The van der Waals surface area contributed by atoms with E-state index in [9.17, 15) is 5.11 Å². The molecule has 3 unspecified atom stereocenters. The Morgan fingerprint density at radius 3 is 1.87 bits per heavy atom. The first-order valence-electron chi connectivity index (χ1n) is 29.7. The standard InChI is InChI=1S/C44H66N2.C21H35NO2/c1-4-6-8-9-11-34-13-15-38-27-40(19-17-36(38)25-34)42-21-23-44(46,31-42)29-32(3)28-43(45)22-20-41(30-43)39-18-16-35-24-33(10-7-5-2)12-14-37(35)26-39;1-2-3-4-11-24-20-8-7-16-12-17(5-6-18(16)13-20)19-9-10-21(22,14-19)15-23/h4,6,16-19,26-27,32-34,41-42H,5,7-15,20-25,28-31,45-46H2,1-3H3;6,12,17,19-20,23H,2-5,7-11,13-15,22H2,1H3/b6-4-;/t32?,33-,34-,41+,42+,43+,44+;17?,19-,20?,21+/m10/s1. The average molecular weight is 957 g/mol. The maximum atomic E-state index is 9.50. The average Bonchev–Trinajstić information content (AvgIpc) is 4.09. The summed E-state index contributed by atoms with van der Waals surface area (Å²) in [4.78, 5) is 0. The van der Waals surface area contributed by atoms with Crippen molar-refractivity contribution in [1.82, 2.24) is 0 Å². The summed E-state index contributed by atoms with van der Waals surface area (Å²) >= 11 is 0. The summed E-state index contributed by atoms with van der Waals surface area (Å²) in [6.45, 7) is 10.2. The number of aryl methyl sites for hydroxylation is 2. The number of ether oxygens (including phenoxy) is 1. The van der Waals surface area contributed by atoms with Gasteiger partial charge in [-0.05, 0) is 253 Å². The monoisotopic (exact) mass is 956 g/mol. The number of nitrogens with two attached hydrogens (primary N) is 3. The van der Waals surface area contributed by atoms with Gasteiger partial charge in [0.15, 0.2) is 0 Å². The zero-order valence-electron chi connectivity index (χ0n) is 45.1. The Bertz CT molecular complexity index is 2070. The fourth-order valence-corrected chi connectivity index (χ4v) is 15.3. The van der Waals surface area contributed by atoms with Gasteiger partial charge in [0.1, 0.15) is 0 Å². The van der Waals surface area contributed by atoms with Crippen LogP contribution < -0.4 is 17.2 Å². The summed E-state index contributed by atoms with van der Waals surface area (Å²) < 4.78 is 6.09. The molecule has 2 aromatic carbocycles. The predicted octanol–water partition coefficient (Wildman–Crippen LogP) is 15.0. The molecule has 4 fully saturated rings.